The van der Waals surface area contributed by atoms with E-state index >= 15 is 0 Å². The van der Waals surface area contributed by atoms with Crippen molar-refractivity contribution in [1.29, 1.82) is 0 Å². The fourth-order valence-electron chi connectivity index (χ4n) is 2.31. The van der Waals surface area contributed by atoms with Crippen molar-refractivity contribution in [3.63, 3.8) is 0 Å². The van der Waals surface area contributed by atoms with Crippen LogP contribution < -0.4 is 4.74 Å². The number of ether oxygens (including phenoxy) is 1. The topological polar surface area (TPSA) is 69.4 Å². The Bertz CT molecular complexity index is 637. The van der Waals surface area contributed by atoms with E-state index in [1.807, 2.05) is 30.3 Å². The lowest BCUT2D eigenvalue weighted by molar-refractivity contribution is -0.483. The quantitative estimate of drug-likeness (QED) is 0.447. The van der Waals surface area contributed by atoms with Gasteiger partial charge in [-0.25, -0.2) is 0 Å². The van der Waals surface area contributed by atoms with Crippen LogP contribution in [-0.2, 0) is 0 Å². The summed E-state index contributed by atoms with van der Waals surface area (Å²) in [5.74, 6) is 0.130. The predicted octanol–water partition coefficient (Wildman–Crippen LogP) is 3.33. The van der Waals surface area contributed by atoms with Crippen molar-refractivity contribution >= 4 is 5.78 Å². The van der Waals surface area contributed by atoms with Gasteiger partial charge < -0.3 is 4.74 Å². The molecule has 22 heavy (non-hydrogen) atoms. The molecule has 0 amide bonds. The lowest BCUT2D eigenvalue weighted by Gasteiger charge is -2.12. The largest absolute Gasteiger partial charge is 0.497 e. The highest BCUT2D eigenvalue weighted by atomic mass is 16.6. The van der Waals surface area contributed by atoms with Gasteiger partial charge in [0.05, 0.1) is 13.0 Å². The first kappa shape index (κ1) is 15.7. The van der Waals surface area contributed by atoms with Crippen molar-refractivity contribution in [2.75, 3.05) is 13.7 Å². The molecule has 0 saturated heterocycles. The van der Waals surface area contributed by atoms with Crippen molar-refractivity contribution in [1.82, 2.24) is 0 Å². The molecular formula is C17H17NO4. The second-order valence-electron chi connectivity index (χ2n) is 4.98. The normalized spacial score (nSPS) is 11.7. The Morgan fingerprint density at radius 2 is 1.77 bits per heavy atom. The van der Waals surface area contributed by atoms with E-state index in [0.717, 1.165) is 5.56 Å². The van der Waals surface area contributed by atoms with E-state index in [9.17, 15) is 14.9 Å². The molecule has 0 unspecified atom stereocenters. The monoisotopic (exact) mass is 299 g/mol. The van der Waals surface area contributed by atoms with Gasteiger partial charge in [-0.1, -0.05) is 30.3 Å². The number of ketones is 1. The number of carbonyl (C=O) groups is 1. The van der Waals surface area contributed by atoms with Crippen LogP contribution in [0.4, 0.5) is 0 Å². The number of hydrogen-bond donors (Lipinski definition) is 0. The molecule has 0 N–H and O–H groups in total. The summed E-state index contributed by atoms with van der Waals surface area (Å²) in [6.45, 7) is -0.258. The van der Waals surface area contributed by atoms with Crippen molar-refractivity contribution in [2.45, 2.75) is 12.3 Å². The molecule has 114 valence electrons. The second kappa shape index (κ2) is 7.36. The Kier molecular flexibility index (Phi) is 5.25. The van der Waals surface area contributed by atoms with Crippen molar-refractivity contribution in [3.8, 4) is 5.75 Å². The van der Waals surface area contributed by atoms with Crippen LogP contribution >= 0.6 is 0 Å². The van der Waals surface area contributed by atoms with Crippen LogP contribution in [0.15, 0.2) is 54.6 Å². The second-order valence-corrected chi connectivity index (χ2v) is 4.98. The van der Waals surface area contributed by atoms with Gasteiger partial charge in [0.1, 0.15) is 5.75 Å². The van der Waals surface area contributed by atoms with Gasteiger partial charge in [-0.15, -0.1) is 0 Å². The predicted molar refractivity (Wildman–Crippen MR) is 83.0 cm³/mol. The number of Topliss-reactive ketones (excluding diaryl/α,β-unsaturated/α-hetero) is 1. The standard InChI is InChI=1S/C17H17NO4/c1-22-16-9-7-14(8-10-16)17(19)11-15(12-18(20)21)13-5-3-2-4-6-13/h2-10,15H,11-12H2,1H3/t15-/m0/s1. The first-order chi connectivity index (χ1) is 10.6. The molecule has 0 spiro atoms. The molecule has 2 aromatic carbocycles. The van der Waals surface area contributed by atoms with Crippen molar-refractivity contribution in [2.24, 2.45) is 0 Å². The van der Waals surface area contributed by atoms with E-state index in [4.69, 9.17) is 4.74 Å². The van der Waals surface area contributed by atoms with Gasteiger partial charge >= 0.3 is 0 Å². The molecule has 5 nitrogen and oxygen atoms in total. The summed E-state index contributed by atoms with van der Waals surface area (Å²) in [5, 5.41) is 10.9. The SMILES string of the molecule is COc1ccc(C(=O)C[C@@H](C[N+](=O)[O-])c2ccccc2)cc1. The van der Waals surface area contributed by atoms with E-state index in [0.29, 0.717) is 11.3 Å². The third kappa shape index (κ3) is 4.15. The van der Waals surface area contributed by atoms with Crippen molar-refractivity contribution < 1.29 is 14.5 Å². The third-order valence-electron chi connectivity index (χ3n) is 3.48. The van der Waals surface area contributed by atoms with Gasteiger partial charge in [0, 0.05) is 16.9 Å². The molecule has 0 aliphatic rings. The molecule has 1 atom stereocenters. The van der Waals surface area contributed by atoms with Gasteiger partial charge in [0.2, 0.25) is 6.54 Å². The Labute approximate surface area is 128 Å². The Balaban J connectivity index is 2.15. The molecule has 0 fully saturated rings. The number of carbonyl (C=O) groups excluding carboxylic acids is 1. The van der Waals surface area contributed by atoms with Crippen molar-refractivity contribution in [3.05, 3.63) is 75.8 Å². The lowest BCUT2D eigenvalue weighted by atomic mass is 9.91. The summed E-state index contributed by atoms with van der Waals surface area (Å²) >= 11 is 0. The molecule has 0 aliphatic heterocycles. The number of hydrogen-bond acceptors (Lipinski definition) is 4. The van der Waals surface area contributed by atoms with Gasteiger partial charge in [-0.05, 0) is 29.8 Å². The van der Waals surface area contributed by atoms with E-state index in [1.54, 1.807) is 31.4 Å². The maximum absolute atomic E-state index is 12.3. The Morgan fingerprint density at radius 3 is 2.32 bits per heavy atom. The molecule has 0 saturated carbocycles. The van der Waals surface area contributed by atoms with Gasteiger partial charge in [-0.2, -0.15) is 0 Å². The number of nitro groups is 1. The van der Waals surface area contributed by atoms with Crippen LogP contribution in [0.1, 0.15) is 28.3 Å². The van der Waals surface area contributed by atoms with E-state index < -0.39 is 5.92 Å². The average molecular weight is 299 g/mol. The first-order valence-corrected chi connectivity index (χ1v) is 6.94. The molecule has 0 bridgehead atoms. The zero-order chi connectivity index (χ0) is 15.9. The summed E-state index contributed by atoms with van der Waals surface area (Å²) < 4.78 is 5.05. The molecule has 0 heterocycles. The van der Waals surface area contributed by atoms with Crippen LogP contribution in [0, 0.1) is 10.1 Å². The van der Waals surface area contributed by atoms with Crippen LogP contribution in [0.5, 0.6) is 5.75 Å². The third-order valence-corrected chi connectivity index (χ3v) is 3.48. The summed E-state index contributed by atoms with van der Waals surface area (Å²) in [5.41, 5.74) is 1.34. The molecule has 2 aromatic rings. The highest BCUT2D eigenvalue weighted by Crippen LogP contribution is 2.23. The zero-order valence-corrected chi connectivity index (χ0v) is 12.3. The van der Waals surface area contributed by atoms with Crippen LogP contribution in [-0.4, -0.2) is 24.4 Å². The van der Waals surface area contributed by atoms with E-state index in [1.165, 1.54) is 0 Å². The smallest absolute Gasteiger partial charge is 0.211 e. The van der Waals surface area contributed by atoms with Crippen LogP contribution in [0.2, 0.25) is 0 Å². The van der Waals surface area contributed by atoms with Crippen LogP contribution in [0.25, 0.3) is 0 Å². The molecule has 2 rings (SSSR count). The number of benzene rings is 2. The molecule has 0 aromatic heterocycles. The Hall–Kier alpha value is -2.69. The van der Waals surface area contributed by atoms with E-state index in [-0.39, 0.29) is 23.7 Å². The highest BCUT2D eigenvalue weighted by Gasteiger charge is 2.22. The zero-order valence-electron chi connectivity index (χ0n) is 12.3. The summed E-state index contributed by atoms with van der Waals surface area (Å²) in [6, 6.07) is 15.9. The average Bonchev–Trinajstić information content (AvgIpc) is 2.54. The minimum Gasteiger partial charge on any atom is -0.497 e. The summed E-state index contributed by atoms with van der Waals surface area (Å²) in [6.07, 6.45) is 0.108. The first-order valence-electron chi connectivity index (χ1n) is 6.94. The maximum Gasteiger partial charge on any atom is 0.211 e. The van der Waals surface area contributed by atoms with Gasteiger partial charge in [-0.3, -0.25) is 14.9 Å². The summed E-state index contributed by atoms with van der Waals surface area (Å²) in [4.78, 5) is 22.8. The molecular weight excluding hydrogens is 282 g/mol. The summed E-state index contributed by atoms with van der Waals surface area (Å²) in [7, 11) is 1.55. The van der Waals surface area contributed by atoms with Crippen LogP contribution in [0.3, 0.4) is 0 Å². The van der Waals surface area contributed by atoms with Gasteiger partial charge in [0.15, 0.2) is 5.78 Å². The number of rotatable bonds is 7. The maximum atomic E-state index is 12.3. The Morgan fingerprint density at radius 1 is 1.14 bits per heavy atom. The highest BCUT2D eigenvalue weighted by molar-refractivity contribution is 5.96. The molecule has 5 heteroatoms. The minimum absolute atomic E-state index is 0.108. The van der Waals surface area contributed by atoms with Gasteiger partial charge in [0.25, 0.3) is 0 Å². The fraction of sp³-hybridized carbons (Fsp3) is 0.235. The minimum atomic E-state index is -0.425. The molecule has 0 radical (unpaired) electrons. The number of methoxy groups -OCH3 is 1. The lowest BCUT2D eigenvalue weighted by Crippen LogP contribution is -2.16. The van der Waals surface area contributed by atoms with E-state index in [2.05, 4.69) is 0 Å². The fourth-order valence-corrected chi connectivity index (χ4v) is 2.31. The molecule has 0 aliphatic carbocycles. The number of nitrogens with zero attached hydrogens (tertiary/aromatic N) is 1.